The maximum absolute atomic E-state index is 13.0. The Kier molecular flexibility index (Phi) is 9.28. The molecule has 0 aliphatic carbocycles. The summed E-state index contributed by atoms with van der Waals surface area (Å²) in [6, 6.07) is 22.3. The molecule has 0 aromatic heterocycles. The third-order valence-corrected chi connectivity index (χ3v) is 7.12. The first-order chi connectivity index (χ1) is 19.5. The van der Waals surface area contributed by atoms with Gasteiger partial charge >= 0.3 is 5.97 Å². The van der Waals surface area contributed by atoms with Gasteiger partial charge in [0.2, 0.25) is 0 Å². The Balaban J connectivity index is 1.42. The largest absolute Gasteiger partial charge is 0.490 e. The van der Waals surface area contributed by atoms with Crippen molar-refractivity contribution in [2.75, 3.05) is 0 Å². The first-order valence-corrected chi connectivity index (χ1v) is 14.0. The summed E-state index contributed by atoms with van der Waals surface area (Å²) in [5.41, 5.74) is 7.53. The fourth-order valence-electron chi connectivity index (χ4n) is 4.86. The first kappa shape index (κ1) is 29.6. The van der Waals surface area contributed by atoms with Gasteiger partial charge < -0.3 is 14.2 Å². The van der Waals surface area contributed by atoms with Gasteiger partial charge in [-0.25, -0.2) is 4.79 Å². The smallest absolute Gasteiger partial charge is 0.343 e. The van der Waals surface area contributed by atoms with E-state index in [2.05, 4.69) is 52.0 Å². The number of carbonyl (C=O) groups is 2. The molecule has 5 heteroatoms. The zero-order chi connectivity index (χ0) is 29.7. The minimum absolute atomic E-state index is 0.00223. The number of Topliss-reactive ketones (excluding diaryl/α,β-unsaturated/α-hetero) is 1. The molecule has 0 bridgehead atoms. The van der Waals surface area contributed by atoms with Crippen LogP contribution in [0.25, 0.3) is 0 Å². The van der Waals surface area contributed by atoms with Crippen molar-refractivity contribution in [1.29, 1.82) is 0 Å². The second-order valence-electron chi connectivity index (χ2n) is 10.7. The summed E-state index contributed by atoms with van der Waals surface area (Å²) < 4.78 is 17.8. The Morgan fingerprint density at radius 1 is 0.683 bits per heavy atom. The van der Waals surface area contributed by atoms with Crippen LogP contribution < -0.4 is 14.2 Å². The van der Waals surface area contributed by atoms with Crippen molar-refractivity contribution in [3.05, 3.63) is 117 Å². The van der Waals surface area contributed by atoms with Crippen molar-refractivity contribution in [3.8, 4) is 23.0 Å². The second kappa shape index (κ2) is 12.9. The van der Waals surface area contributed by atoms with Crippen molar-refractivity contribution >= 4 is 11.8 Å². The minimum Gasteiger partial charge on any atom is -0.490 e. The van der Waals surface area contributed by atoms with E-state index in [0.717, 1.165) is 46.4 Å². The van der Waals surface area contributed by atoms with Crippen LogP contribution in [0.1, 0.15) is 81.3 Å². The molecule has 0 radical (unpaired) electrons. The van der Waals surface area contributed by atoms with Crippen LogP contribution >= 0.6 is 0 Å². The van der Waals surface area contributed by atoms with Gasteiger partial charge in [-0.15, -0.1) is 0 Å². The Morgan fingerprint density at radius 3 is 1.56 bits per heavy atom. The van der Waals surface area contributed by atoms with Gasteiger partial charge in [0, 0.05) is 5.56 Å². The summed E-state index contributed by atoms with van der Waals surface area (Å²) in [5, 5.41) is 0. The van der Waals surface area contributed by atoms with E-state index in [-0.39, 0.29) is 11.9 Å². The molecule has 1 atom stereocenters. The molecule has 0 aliphatic rings. The van der Waals surface area contributed by atoms with Gasteiger partial charge in [-0.3, -0.25) is 4.79 Å². The molecular formula is C36H38O5. The topological polar surface area (TPSA) is 61.8 Å². The van der Waals surface area contributed by atoms with E-state index >= 15 is 0 Å². The molecule has 4 rings (SSSR count). The van der Waals surface area contributed by atoms with Gasteiger partial charge in [0.05, 0.1) is 11.7 Å². The number of carbonyl (C=O) groups excluding carboxylic acids is 2. The average molecular weight is 551 g/mol. The predicted molar refractivity (Wildman–Crippen MR) is 163 cm³/mol. The summed E-state index contributed by atoms with van der Waals surface area (Å²) in [5.74, 6) is 2.32. The van der Waals surface area contributed by atoms with E-state index in [4.69, 9.17) is 14.2 Å². The maximum Gasteiger partial charge on any atom is 0.343 e. The SMILES string of the molecule is CCC(C)Oc1c(C)cc(Cc2cc(C)c(OC(=O)c3ccc(Oc4ccc(C(C)=O)cc4)cc3)c(C)c2)cc1C. The lowest BCUT2D eigenvalue weighted by molar-refractivity contribution is 0.0732. The van der Waals surface area contributed by atoms with Crippen LogP contribution in [0.5, 0.6) is 23.0 Å². The Morgan fingerprint density at radius 2 is 1.12 bits per heavy atom. The van der Waals surface area contributed by atoms with Crippen LogP contribution in [0.3, 0.4) is 0 Å². The summed E-state index contributed by atoms with van der Waals surface area (Å²) in [4.78, 5) is 24.4. The molecule has 0 amide bonds. The molecule has 0 heterocycles. The average Bonchev–Trinajstić information content (AvgIpc) is 2.93. The van der Waals surface area contributed by atoms with E-state index in [0.29, 0.717) is 28.4 Å². The van der Waals surface area contributed by atoms with Crippen LogP contribution in [0.2, 0.25) is 0 Å². The molecule has 0 spiro atoms. The molecule has 4 aromatic carbocycles. The lowest BCUT2D eigenvalue weighted by Crippen LogP contribution is -2.12. The molecule has 0 N–H and O–H groups in total. The molecule has 212 valence electrons. The zero-order valence-corrected chi connectivity index (χ0v) is 25.0. The van der Waals surface area contributed by atoms with Crippen molar-refractivity contribution in [2.24, 2.45) is 0 Å². The fraction of sp³-hybridized carbons (Fsp3) is 0.278. The van der Waals surface area contributed by atoms with Crippen LogP contribution in [0.4, 0.5) is 0 Å². The quantitative estimate of drug-likeness (QED) is 0.112. The number of ketones is 1. The fourth-order valence-corrected chi connectivity index (χ4v) is 4.86. The van der Waals surface area contributed by atoms with Crippen LogP contribution in [0.15, 0.2) is 72.8 Å². The number of benzene rings is 4. The summed E-state index contributed by atoms with van der Waals surface area (Å²) >= 11 is 0. The number of ether oxygens (including phenoxy) is 3. The van der Waals surface area contributed by atoms with E-state index in [9.17, 15) is 9.59 Å². The molecule has 5 nitrogen and oxygen atoms in total. The highest BCUT2D eigenvalue weighted by atomic mass is 16.5. The Bertz CT molecular complexity index is 1500. The summed E-state index contributed by atoms with van der Waals surface area (Å²) in [6.45, 7) is 13.9. The van der Waals surface area contributed by atoms with Crippen molar-refractivity contribution in [3.63, 3.8) is 0 Å². The van der Waals surface area contributed by atoms with Crippen LogP contribution in [-0.4, -0.2) is 17.9 Å². The minimum atomic E-state index is -0.426. The van der Waals surface area contributed by atoms with Gasteiger partial charge in [0.15, 0.2) is 5.78 Å². The van der Waals surface area contributed by atoms with E-state index in [1.165, 1.54) is 12.5 Å². The molecule has 41 heavy (non-hydrogen) atoms. The Hall–Kier alpha value is -4.38. The molecular weight excluding hydrogens is 512 g/mol. The third kappa shape index (κ3) is 7.43. The number of esters is 1. The molecule has 0 aliphatic heterocycles. The van der Waals surface area contributed by atoms with Gasteiger partial charge in [-0.1, -0.05) is 31.2 Å². The van der Waals surface area contributed by atoms with Crippen LogP contribution in [0, 0.1) is 27.7 Å². The van der Waals surface area contributed by atoms with E-state index in [1.807, 2.05) is 13.8 Å². The second-order valence-corrected chi connectivity index (χ2v) is 10.7. The first-order valence-electron chi connectivity index (χ1n) is 14.0. The van der Waals surface area contributed by atoms with Gasteiger partial charge in [-0.05, 0) is 136 Å². The van der Waals surface area contributed by atoms with Crippen molar-refractivity contribution in [1.82, 2.24) is 0 Å². The highest BCUT2D eigenvalue weighted by Crippen LogP contribution is 2.30. The van der Waals surface area contributed by atoms with Crippen molar-refractivity contribution in [2.45, 2.75) is 67.4 Å². The molecule has 1 unspecified atom stereocenters. The number of aryl methyl sites for hydroxylation is 4. The highest BCUT2D eigenvalue weighted by Gasteiger charge is 2.15. The van der Waals surface area contributed by atoms with Gasteiger partial charge in [-0.2, -0.15) is 0 Å². The van der Waals surface area contributed by atoms with Crippen molar-refractivity contribution < 1.29 is 23.8 Å². The number of hydrogen-bond acceptors (Lipinski definition) is 5. The predicted octanol–water partition coefficient (Wildman–Crippen LogP) is 8.90. The van der Waals surface area contributed by atoms with E-state index in [1.54, 1.807) is 48.5 Å². The molecule has 0 fully saturated rings. The molecule has 0 saturated carbocycles. The number of rotatable bonds is 10. The molecule has 0 saturated heterocycles. The maximum atomic E-state index is 13.0. The normalized spacial score (nSPS) is 11.6. The summed E-state index contributed by atoms with van der Waals surface area (Å²) in [7, 11) is 0. The molecule has 4 aromatic rings. The van der Waals surface area contributed by atoms with E-state index < -0.39 is 5.97 Å². The highest BCUT2D eigenvalue weighted by molar-refractivity contribution is 5.94. The zero-order valence-electron chi connectivity index (χ0n) is 25.0. The monoisotopic (exact) mass is 550 g/mol. The van der Waals surface area contributed by atoms with Gasteiger partial charge in [0.25, 0.3) is 0 Å². The Labute approximate surface area is 243 Å². The standard InChI is InChI=1S/C36H38O5/c1-8-26(6)39-34-22(2)17-28(18-23(34)3)21-29-19-24(4)35(25(5)20-29)41-36(38)31-11-15-33(16-12-31)40-32-13-9-30(10-14-32)27(7)37/h9-20,26H,8,21H2,1-7H3. The lowest BCUT2D eigenvalue weighted by Gasteiger charge is -2.18. The number of hydrogen-bond donors (Lipinski definition) is 0. The lowest BCUT2D eigenvalue weighted by atomic mass is 9.97. The third-order valence-electron chi connectivity index (χ3n) is 7.12. The van der Waals surface area contributed by atoms with Crippen LogP contribution in [-0.2, 0) is 6.42 Å². The van der Waals surface area contributed by atoms with Gasteiger partial charge in [0.1, 0.15) is 23.0 Å². The summed E-state index contributed by atoms with van der Waals surface area (Å²) in [6.07, 6.45) is 1.93.